The van der Waals surface area contributed by atoms with Crippen LogP contribution in [0.1, 0.15) is 103 Å². The van der Waals surface area contributed by atoms with Crippen LogP contribution in [0, 0.1) is 56.7 Å². The molecular formula is C37H46N2O3. The highest BCUT2D eigenvalue weighted by molar-refractivity contribution is 6.02. The second kappa shape index (κ2) is 9.50. The number of carbonyl (C=O) groups is 3. The van der Waals surface area contributed by atoms with Crippen LogP contribution in [0.3, 0.4) is 0 Å². The molecule has 0 bridgehead atoms. The zero-order chi connectivity index (χ0) is 30.3. The van der Waals surface area contributed by atoms with Crippen molar-refractivity contribution in [3.05, 3.63) is 58.7 Å². The van der Waals surface area contributed by atoms with Gasteiger partial charge in [0.2, 0.25) is 0 Å². The summed E-state index contributed by atoms with van der Waals surface area (Å²) in [6.07, 6.45) is 10.5. The lowest BCUT2D eigenvalue weighted by Gasteiger charge is -2.70. The molecule has 0 radical (unpaired) electrons. The highest BCUT2D eigenvalue weighted by atomic mass is 16.2. The predicted octanol–water partition coefficient (Wildman–Crippen LogP) is 7.39. The van der Waals surface area contributed by atoms with E-state index in [-0.39, 0.29) is 62.7 Å². The molecule has 5 nitrogen and oxygen atoms in total. The Morgan fingerprint density at radius 3 is 2.33 bits per heavy atom. The first kappa shape index (κ1) is 29.1. The third-order valence-corrected chi connectivity index (χ3v) is 13.4. The summed E-state index contributed by atoms with van der Waals surface area (Å²) in [6, 6.07) is 11.7. The number of hydrogen-bond donors (Lipinski definition) is 1. The fourth-order valence-corrected chi connectivity index (χ4v) is 10.9. The molecule has 1 aromatic rings. The third-order valence-electron chi connectivity index (χ3n) is 13.4. The smallest absolute Gasteiger partial charge is 0.251 e. The summed E-state index contributed by atoms with van der Waals surface area (Å²) in [5, 5.41) is 13.5. The number of amides is 1. The quantitative estimate of drug-likeness (QED) is 0.387. The van der Waals surface area contributed by atoms with Crippen molar-refractivity contribution in [1.29, 1.82) is 5.26 Å². The van der Waals surface area contributed by atoms with Crippen LogP contribution < -0.4 is 5.32 Å². The van der Waals surface area contributed by atoms with Gasteiger partial charge in [0.1, 0.15) is 12.4 Å². The molecule has 0 heterocycles. The van der Waals surface area contributed by atoms with Crippen molar-refractivity contribution in [3.8, 4) is 6.07 Å². The topological polar surface area (TPSA) is 87.0 Å². The maximum atomic E-state index is 13.7. The largest absolute Gasteiger partial charge is 0.346 e. The van der Waals surface area contributed by atoms with Crippen molar-refractivity contribution < 1.29 is 14.4 Å². The number of nitrogens with one attached hydrogen (secondary N) is 1. The van der Waals surface area contributed by atoms with Gasteiger partial charge in [-0.25, -0.2) is 0 Å². The number of rotatable bonds is 3. The van der Waals surface area contributed by atoms with E-state index in [1.54, 1.807) is 0 Å². The molecule has 0 spiro atoms. The first-order valence-corrected chi connectivity index (χ1v) is 16.0. The molecule has 1 N–H and O–H groups in total. The van der Waals surface area contributed by atoms with E-state index >= 15 is 0 Å². The summed E-state index contributed by atoms with van der Waals surface area (Å²) in [5.74, 6) is 0.290. The van der Waals surface area contributed by atoms with Crippen molar-refractivity contribution in [3.63, 3.8) is 0 Å². The summed E-state index contributed by atoms with van der Waals surface area (Å²) in [6.45, 7) is 13.7. The molecule has 5 heteroatoms. The zero-order valence-corrected chi connectivity index (χ0v) is 26.2. The maximum absolute atomic E-state index is 13.7. The SMILES string of the molecule is C[C@@H]1C(=O)C(C#N)=C[C@]2(C)C3=C(C=O)CC4C5CC(C)(C)CC[C@]5(NC(=O)c5ccccc5)CC[C@@]4(C)[C@]3(C)CC[C@@H]12. The first-order chi connectivity index (χ1) is 19.8. The number of allylic oxidation sites excluding steroid dienone is 4. The highest BCUT2D eigenvalue weighted by Gasteiger charge is 2.68. The summed E-state index contributed by atoms with van der Waals surface area (Å²) in [5.41, 5.74) is 2.03. The van der Waals surface area contributed by atoms with Gasteiger partial charge in [-0.3, -0.25) is 14.4 Å². The molecule has 222 valence electrons. The van der Waals surface area contributed by atoms with Gasteiger partial charge in [0.25, 0.3) is 5.91 Å². The minimum Gasteiger partial charge on any atom is -0.346 e. The number of nitrogens with zero attached hydrogens (tertiary/aromatic N) is 1. The maximum Gasteiger partial charge on any atom is 0.251 e. The molecule has 0 aliphatic heterocycles. The van der Waals surface area contributed by atoms with Gasteiger partial charge in [0, 0.05) is 22.4 Å². The number of Topliss-reactive ketones (excluding diaryl/α,β-unsaturated/α-hetero) is 1. The van der Waals surface area contributed by atoms with Gasteiger partial charge in [-0.15, -0.1) is 0 Å². The Bertz CT molecular complexity index is 1450. The lowest BCUT2D eigenvalue weighted by atomic mass is 9.35. The van der Waals surface area contributed by atoms with Crippen LogP contribution in [-0.2, 0) is 9.59 Å². The van der Waals surface area contributed by atoms with Gasteiger partial charge in [-0.05, 0) is 109 Å². The van der Waals surface area contributed by atoms with Crippen LogP contribution in [0.4, 0.5) is 0 Å². The molecule has 2 unspecified atom stereocenters. The van der Waals surface area contributed by atoms with Gasteiger partial charge in [-0.1, -0.05) is 65.8 Å². The van der Waals surface area contributed by atoms with Crippen molar-refractivity contribution in [1.82, 2.24) is 5.32 Å². The molecule has 8 atom stereocenters. The number of ketones is 1. The normalized spacial score (nSPS) is 42.1. The lowest BCUT2D eigenvalue weighted by Crippen LogP contribution is -2.68. The van der Waals surface area contributed by atoms with Crippen molar-refractivity contribution in [2.75, 3.05) is 0 Å². The van der Waals surface area contributed by atoms with Gasteiger partial charge in [0.05, 0.1) is 5.57 Å². The van der Waals surface area contributed by atoms with E-state index in [2.05, 4.69) is 46.0 Å². The summed E-state index contributed by atoms with van der Waals surface area (Å²) in [7, 11) is 0. The van der Waals surface area contributed by atoms with E-state index < -0.39 is 5.41 Å². The first-order valence-electron chi connectivity index (χ1n) is 16.0. The second-order valence-corrected chi connectivity index (χ2v) is 15.8. The van der Waals surface area contributed by atoms with Gasteiger partial charge >= 0.3 is 0 Å². The van der Waals surface area contributed by atoms with E-state index in [1.165, 1.54) is 5.57 Å². The minimum atomic E-state index is -0.502. The highest BCUT2D eigenvalue weighted by Crippen LogP contribution is 2.74. The Hall–Kier alpha value is -3.00. The third kappa shape index (κ3) is 3.89. The number of carbonyl (C=O) groups excluding carboxylic acids is 3. The van der Waals surface area contributed by atoms with E-state index in [0.29, 0.717) is 12.0 Å². The number of hydrogen-bond acceptors (Lipinski definition) is 4. The fourth-order valence-electron chi connectivity index (χ4n) is 10.9. The van der Waals surface area contributed by atoms with Crippen LogP contribution in [0.5, 0.6) is 0 Å². The molecule has 0 saturated heterocycles. The van der Waals surface area contributed by atoms with Crippen molar-refractivity contribution in [2.45, 2.75) is 98.4 Å². The lowest BCUT2D eigenvalue weighted by molar-refractivity contribution is -0.141. The standard InChI is InChI=1S/C37H46N2O3/c1-23-27-12-13-36(6)31(34(27,4)19-26(21-38)30(23)41)25(22-40)18-28-29-20-33(2,3)14-16-37(29,17-15-35(28,36)5)39-32(42)24-10-8-7-9-11-24/h7-11,19,22-23,27-29H,12-18,20H2,1-6H3,(H,39,42)/t23-,27-,28?,29?,34-,35+,36+,37-/m0/s1. The molecule has 5 aliphatic rings. The van der Waals surface area contributed by atoms with Crippen LogP contribution in [0.15, 0.2) is 53.1 Å². The number of nitriles is 1. The van der Waals surface area contributed by atoms with Crippen LogP contribution >= 0.6 is 0 Å². The van der Waals surface area contributed by atoms with Gasteiger partial charge in [0.15, 0.2) is 5.78 Å². The Morgan fingerprint density at radius 1 is 0.976 bits per heavy atom. The Balaban J connectivity index is 1.48. The Morgan fingerprint density at radius 2 is 1.67 bits per heavy atom. The number of benzene rings is 1. The van der Waals surface area contributed by atoms with Crippen LogP contribution in [0.25, 0.3) is 0 Å². The van der Waals surface area contributed by atoms with Gasteiger partial charge in [-0.2, -0.15) is 5.26 Å². The summed E-state index contributed by atoms with van der Waals surface area (Å²) in [4.78, 5) is 39.8. The molecule has 42 heavy (non-hydrogen) atoms. The van der Waals surface area contributed by atoms with E-state index in [1.807, 2.05) is 43.3 Å². The van der Waals surface area contributed by atoms with Crippen molar-refractivity contribution >= 4 is 18.0 Å². The van der Waals surface area contributed by atoms with E-state index in [0.717, 1.165) is 56.8 Å². The average Bonchev–Trinajstić information content (AvgIpc) is 2.96. The number of fused-ring (bicyclic) bond motifs is 7. The second-order valence-electron chi connectivity index (χ2n) is 15.8. The van der Waals surface area contributed by atoms with Crippen LogP contribution in [0.2, 0.25) is 0 Å². The number of aldehydes is 1. The summed E-state index contributed by atoms with van der Waals surface area (Å²) >= 11 is 0. The molecule has 0 aromatic heterocycles. The molecule has 6 rings (SSSR count). The predicted molar refractivity (Wildman–Crippen MR) is 163 cm³/mol. The molecule has 5 aliphatic carbocycles. The molecule has 1 aromatic carbocycles. The molecule has 3 fully saturated rings. The fraction of sp³-hybridized carbons (Fsp3) is 0.622. The Labute approximate surface area is 251 Å². The van der Waals surface area contributed by atoms with E-state index in [9.17, 15) is 19.6 Å². The monoisotopic (exact) mass is 566 g/mol. The zero-order valence-electron chi connectivity index (χ0n) is 26.2. The molecule has 3 saturated carbocycles. The van der Waals surface area contributed by atoms with Crippen molar-refractivity contribution in [2.24, 2.45) is 45.3 Å². The average molecular weight is 567 g/mol. The molecule has 1 amide bonds. The minimum absolute atomic E-state index is 0.000761. The van der Waals surface area contributed by atoms with Crippen LogP contribution in [-0.4, -0.2) is 23.5 Å². The van der Waals surface area contributed by atoms with Gasteiger partial charge < -0.3 is 5.32 Å². The van der Waals surface area contributed by atoms with E-state index in [4.69, 9.17) is 0 Å². The summed E-state index contributed by atoms with van der Waals surface area (Å²) < 4.78 is 0. The Kier molecular flexibility index (Phi) is 6.58. The molecular weight excluding hydrogens is 520 g/mol.